The first-order valence-corrected chi connectivity index (χ1v) is 7.77. The third-order valence-corrected chi connectivity index (χ3v) is 3.59. The number of carbonyl (C=O) groups is 1. The number of nitrogens with two attached hydrogens (primary N) is 1. The van der Waals surface area contributed by atoms with Crippen molar-refractivity contribution in [2.24, 2.45) is 11.1 Å². The molecule has 1 aromatic rings. The Morgan fingerprint density at radius 1 is 1.47 bits per heavy atom. The number of primary sulfonamides is 1. The van der Waals surface area contributed by atoms with Gasteiger partial charge in [-0.05, 0) is 18.1 Å². The largest absolute Gasteiger partial charge is 0.352 e. The van der Waals surface area contributed by atoms with E-state index in [1.807, 2.05) is 13.8 Å². The predicted octanol–water partition coefficient (Wildman–Crippen LogP) is 1.62. The maximum Gasteiger partial charge on any atom is 0.254 e. The molecule has 1 amide bonds. The maximum absolute atomic E-state index is 14.0. The summed E-state index contributed by atoms with van der Waals surface area (Å²) < 4.78 is 36.7. The highest BCUT2D eigenvalue weighted by atomic mass is 79.9. The normalized spacial score (nSPS) is 11.7. The monoisotopic (exact) mass is 352 g/mol. The fourth-order valence-corrected chi connectivity index (χ4v) is 2.59. The highest BCUT2D eigenvalue weighted by Gasteiger charge is 2.22. The standard InChI is InChI=1S/C11H14BrFN2O3S/c1-6(2)5-15-11(16)8-3-7(12)4-9(10(8)13)19(14,17)18/h3-4,6H,5H2,1-2H3,(H,15,16)(H2,14,17,18). The van der Waals surface area contributed by atoms with E-state index < -0.39 is 26.6 Å². The number of benzene rings is 1. The minimum absolute atomic E-state index is 0.192. The second kappa shape index (κ2) is 5.98. The van der Waals surface area contributed by atoms with Crippen LogP contribution >= 0.6 is 15.9 Å². The molecule has 1 rings (SSSR count). The van der Waals surface area contributed by atoms with Gasteiger partial charge in [0.25, 0.3) is 5.91 Å². The quantitative estimate of drug-likeness (QED) is 0.862. The summed E-state index contributed by atoms with van der Waals surface area (Å²) in [6, 6.07) is 2.23. The van der Waals surface area contributed by atoms with Gasteiger partial charge in [-0.25, -0.2) is 17.9 Å². The topological polar surface area (TPSA) is 89.3 Å². The van der Waals surface area contributed by atoms with Crippen molar-refractivity contribution < 1.29 is 17.6 Å². The van der Waals surface area contributed by atoms with Gasteiger partial charge in [-0.1, -0.05) is 29.8 Å². The van der Waals surface area contributed by atoms with Crippen LogP contribution in [0.3, 0.4) is 0 Å². The number of rotatable bonds is 4. The van der Waals surface area contributed by atoms with E-state index in [4.69, 9.17) is 5.14 Å². The Hall–Kier alpha value is -0.990. The van der Waals surface area contributed by atoms with Crippen LogP contribution in [0, 0.1) is 11.7 Å². The van der Waals surface area contributed by atoms with Crippen LogP contribution in [0.25, 0.3) is 0 Å². The third-order valence-electron chi connectivity index (χ3n) is 2.23. The lowest BCUT2D eigenvalue weighted by atomic mass is 10.1. The van der Waals surface area contributed by atoms with E-state index >= 15 is 0 Å². The van der Waals surface area contributed by atoms with E-state index in [1.54, 1.807) is 0 Å². The van der Waals surface area contributed by atoms with Crippen LogP contribution in [-0.4, -0.2) is 20.9 Å². The third kappa shape index (κ3) is 4.26. The molecule has 0 aliphatic carbocycles. The van der Waals surface area contributed by atoms with Crippen molar-refractivity contribution in [2.75, 3.05) is 6.54 Å². The highest BCUT2D eigenvalue weighted by Crippen LogP contribution is 2.23. The minimum atomic E-state index is -4.23. The molecule has 1 aromatic carbocycles. The summed E-state index contributed by atoms with van der Waals surface area (Å²) in [7, 11) is -4.23. The molecule has 0 unspecified atom stereocenters. The molecular formula is C11H14BrFN2O3S. The van der Waals surface area contributed by atoms with Gasteiger partial charge in [0.05, 0.1) is 5.56 Å². The molecule has 0 saturated heterocycles. The van der Waals surface area contributed by atoms with Crippen molar-refractivity contribution >= 4 is 31.9 Å². The van der Waals surface area contributed by atoms with E-state index in [2.05, 4.69) is 21.2 Å². The predicted molar refractivity (Wildman–Crippen MR) is 72.6 cm³/mol. The fraction of sp³-hybridized carbons (Fsp3) is 0.364. The summed E-state index contributed by atoms with van der Waals surface area (Å²) >= 11 is 3.02. The zero-order valence-corrected chi connectivity index (χ0v) is 12.8. The van der Waals surface area contributed by atoms with Gasteiger partial charge in [-0.15, -0.1) is 0 Å². The fourth-order valence-electron chi connectivity index (χ4n) is 1.33. The van der Waals surface area contributed by atoms with Crippen LogP contribution in [0.2, 0.25) is 0 Å². The van der Waals surface area contributed by atoms with Gasteiger partial charge >= 0.3 is 0 Å². The average Bonchev–Trinajstić information content (AvgIpc) is 2.27. The van der Waals surface area contributed by atoms with Gasteiger partial charge < -0.3 is 5.32 Å². The molecule has 0 fully saturated rings. The van der Waals surface area contributed by atoms with Crippen LogP contribution < -0.4 is 10.5 Å². The summed E-state index contributed by atoms with van der Waals surface area (Å²) in [6.07, 6.45) is 0. The molecule has 8 heteroatoms. The Bertz CT molecular complexity index is 602. The summed E-state index contributed by atoms with van der Waals surface area (Å²) in [5.41, 5.74) is -0.362. The number of nitrogens with one attached hydrogen (secondary N) is 1. The van der Waals surface area contributed by atoms with Crippen molar-refractivity contribution in [3.8, 4) is 0 Å². The number of hydrogen-bond acceptors (Lipinski definition) is 3. The van der Waals surface area contributed by atoms with E-state index in [9.17, 15) is 17.6 Å². The first kappa shape index (κ1) is 16.1. The molecule has 5 nitrogen and oxygen atoms in total. The first-order chi connectivity index (χ1) is 8.62. The Balaban J connectivity index is 3.22. The van der Waals surface area contributed by atoms with Gasteiger partial charge in [0.1, 0.15) is 4.90 Å². The number of carbonyl (C=O) groups excluding carboxylic acids is 1. The molecule has 0 saturated carbocycles. The van der Waals surface area contributed by atoms with Crippen molar-refractivity contribution in [2.45, 2.75) is 18.7 Å². The molecule has 0 aromatic heterocycles. The van der Waals surface area contributed by atoms with Gasteiger partial charge in [0.2, 0.25) is 10.0 Å². The van der Waals surface area contributed by atoms with Gasteiger partial charge in [-0.3, -0.25) is 4.79 Å². The van der Waals surface area contributed by atoms with Crippen molar-refractivity contribution in [1.29, 1.82) is 0 Å². The molecule has 0 atom stereocenters. The smallest absolute Gasteiger partial charge is 0.254 e. The van der Waals surface area contributed by atoms with Crippen LogP contribution in [0.1, 0.15) is 24.2 Å². The lowest BCUT2D eigenvalue weighted by Crippen LogP contribution is -2.29. The highest BCUT2D eigenvalue weighted by molar-refractivity contribution is 9.10. The molecule has 0 heterocycles. The average molecular weight is 353 g/mol. The Morgan fingerprint density at radius 3 is 2.53 bits per heavy atom. The molecule has 3 N–H and O–H groups in total. The zero-order valence-electron chi connectivity index (χ0n) is 10.4. The van der Waals surface area contributed by atoms with E-state index in [0.29, 0.717) is 6.54 Å². The summed E-state index contributed by atoms with van der Waals surface area (Å²) in [6.45, 7) is 4.12. The van der Waals surface area contributed by atoms with Crippen molar-refractivity contribution in [1.82, 2.24) is 5.32 Å². The summed E-state index contributed by atoms with van der Waals surface area (Å²) in [5, 5.41) is 7.41. The Labute approximate surface area is 119 Å². The SMILES string of the molecule is CC(C)CNC(=O)c1cc(Br)cc(S(N)(=O)=O)c1F. The summed E-state index contributed by atoms with van der Waals surface area (Å²) in [5.74, 6) is -1.64. The maximum atomic E-state index is 14.0. The Kier molecular flexibility index (Phi) is 5.05. The number of hydrogen-bond donors (Lipinski definition) is 2. The number of sulfonamides is 1. The molecule has 106 valence electrons. The molecule has 0 spiro atoms. The van der Waals surface area contributed by atoms with Crippen LogP contribution in [0.5, 0.6) is 0 Å². The zero-order chi connectivity index (χ0) is 14.8. The van der Waals surface area contributed by atoms with Gasteiger partial charge in [-0.2, -0.15) is 0 Å². The molecule has 0 bridgehead atoms. The van der Waals surface area contributed by atoms with Crippen LogP contribution in [0.4, 0.5) is 4.39 Å². The van der Waals surface area contributed by atoms with Crippen molar-refractivity contribution in [3.05, 3.63) is 28.0 Å². The molecule has 0 radical (unpaired) electrons. The van der Waals surface area contributed by atoms with E-state index in [0.717, 1.165) is 6.07 Å². The van der Waals surface area contributed by atoms with E-state index in [-0.39, 0.29) is 16.0 Å². The summed E-state index contributed by atoms with van der Waals surface area (Å²) in [4.78, 5) is 11.1. The van der Waals surface area contributed by atoms with E-state index in [1.165, 1.54) is 6.07 Å². The Morgan fingerprint density at radius 2 is 2.05 bits per heavy atom. The second-order valence-electron chi connectivity index (χ2n) is 4.41. The van der Waals surface area contributed by atoms with Crippen molar-refractivity contribution in [3.63, 3.8) is 0 Å². The molecule has 0 aliphatic rings. The van der Waals surface area contributed by atoms with Gasteiger partial charge in [0.15, 0.2) is 5.82 Å². The van der Waals surface area contributed by atoms with Gasteiger partial charge in [0, 0.05) is 11.0 Å². The minimum Gasteiger partial charge on any atom is -0.352 e. The lowest BCUT2D eigenvalue weighted by molar-refractivity contribution is 0.0944. The second-order valence-corrected chi connectivity index (χ2v) is 6.86. The lowest BCUT2D eigenvalue weighted by Gasteiger charge is -2.10. The van der Waals surface area contributed by atoms with Crippen LogP contribution in [-0.2, 0) is 10.0 Å². The number of halogens is 2. The molecule has 0 aliphatic heterocycles. The number of amides is 1. The van der Waals surface area contributed by atoms with Crippen LogP contribution in [0.15, 0.2) is 21.5 Å². The molecular weight excluding hydrogens is 339 g/mol. The molecule has 19 heavy (non-hydrogen) atoms. The first-order valence-electron chi connectivity index (χ1n) is 5.43.